The molecule has 6 rings (SSSR count). The molecule has 0 saturated heterocycles. The molecular formula is C22H26N2O4. The first-order valence-corrected chi connectivity index (χ1v) is 10.4. The lowest BCUT2D eigenvalue weighted by molar-refractivity contribution is -0.171. The zero-order valence-corrected chi connectivity index (χ0v) is 16.0. The number of hydrogen-bond donors (Lipinski definition) is 1. The maximum absolute atomic E-state index is 12.9. The summed E-state index contributed by atoms with van der Waals surface area (Å²) >= 11 is 0. The SMILES string of the molecule is O=C(OCCCn1c(=O)[nH]c2ccccc2c1=O)C12CC3CC(CC(C3)C1)C2. The van der Waals surface area contributed by atoms with Crippen LogP contribution in [0.1, 0.15) is 44.9 Å². The first-order chi connectivity index (χ1) is 13.5. The number of ether oxygens (including phenoxy) is 1. The Labute approximate surface area is 162 Å². The largest absolute Gasteiger partial charge is 0.465 e. The van der Waals surface area contributed by atoms with Crippen molar-refractivity contribution >= 4 is 16.9 Å². The van der Waals surface area contributed by atoms with Crippen LogP contribution in [0.15, 0.2) is 33.9 Å². The molecular weight excluding hydrogens is 356 g/mol. The van der Waals surface area contributed by atoms with Crippen molar-refractivity contribution in [1.29, 1.82) is 0 Å². The number of nitrogens with one attached hydrogen (secondary N) is 1. The molecule has 4 fully saturated rings. The normalized spacial score (nSPS) is 30.6. The molecule has 1 heterocycles. The molecule has 6 heteroatoms. The number of nitrogens with zero attached hydrogens (tertiary/aromatic N) is 1. The molecule has 6 nitrogen and oxygen atoms in total. The van der Waals surface area contributed by atoms with E-state index in [1.807, 2.05) is 0 Å². The maximum atomic E-state index is 12.9. The Hall–Kier alpha value is -2.37. The second-order valence-electron chi connectivity index (χ2n) is 9.12. The molecule has 28 heavy (non-hydrogen) atoms. The van der Waals surface area contributed by atoms with Crippen LogP contribution >= 0.6 is 0 Å². The van der Waals surface area contributed by atoms with Crippen LogP contribution in [0.3, 0.4) is 0 Å². The minimum atomic E-state index is -0.420. The van der Waals surface area contributed by atoms with Gasteiger partial charge in [-0.25, -0.2) is 4.79 Å². The molecule has 2 aromatic rings. The van der Waals surface area contributed by atoms with Gasteiger partial charge in [-0.1, -0.05) is 12.1 Å². The third-order valence-electron chi connectivity index (χ3n) is 7.12. The van der Waals surface area contributed by atoms with Gasteiger partial charge in [0, 0.05) is 6.54 Å². The highest BCUT2D eigenvalue weighted by Gasteiger charge is 2.55. The van der Waals surface area contributed by atoms with Gasteiger partial charge >= 0.3 is 11.7 Å². The molecule has 1 N–H and O–H groups in total. The number of carbonyl (C=O) groups is 1. The molecule has 148 valence electrons. The van der Waals surface area contributed by atoms with Gasteiger partial charge in [0.15, 0.2) is 0 Å². The topological polar surface area (TPSA) is 81.2 Å². The lowest BCUT2D eigenvalue weighted by atomic mass is 9.49. The summed E-state index contributed by atoms with van der Waals surface area (Å²) in [4.78, 5) is 40.3. The highest BCUT2D eigenvalue weighted by atomic mass is 16.5. The van der Waals surface area contributed by atoms with Crippen molar-refractivity contribution in [2.45, 2.75) is 51.5 Å². The first kappa shape index (κ1) is 17.7. The number of aromatic amines is 1. The van der Waals surface area contributed by atoms with E-state index in [-0.39, 0.29) is 30.1 Å². The van der Waals surface area contributed by atoms with Crippen molar-refractivity contribution in [1.82, 2.24) is 9.55 Å². The maximum Gasteiger partial charge on any atom is 0.328 e. The quantitative estimate of drug-likeness (QED) is 0.637. The average Bonchev–Trinajstić information content (AvgIpc) is 2.66. The number of fused-ring (bicyclic) bond motifs is 1. The number of aromatic nitrogens is 2. The molecule has 4 bridgehead atoms. The van der Waals surface area contributed by atoms with Crippen molar-refractivity contribution in [2.75, 3.05) is 6.61 Å². The molecule has 4 aliphatic carbocycles. The fraction of sp³-hybridized carbons (Fsp3) is 0.591. The second kappa shape index (κ2) is 6.61. The van der Waals surface area contributed by atoms with Crippen LogP contribution < -0.4 is 11.2 Å². The number of rotatable bonds is 5. The number of esters is 1. The van der Waals surface area contributed by atoms with E-state index in [2.05, 4.69) is 4.98 Å². The zero-order valence-electron chi connectivity index (χ0n) is 16.0. The monoisotopic (exact) mass is 382 g/mol. The molecule has 1 aromatic heterocycles. The van der Waals surface area contributed by atoms with Crippen LogP contribution in [0.4, 0.5) is 0 Å². The van der Waals surface area contributed by atoms with Crippen molar-refractivity contribution in [3.05, 3.63) is 45.1 Å². The lowest BCUT2D eigenvalue weighted by Gasteiger charge is -2.55. The Bertz CT molecular complexity index is 999. The van der Waals surface area contributed by atoms with E-state index in [0.29, 0.717) is 35.1 Å². The van der Waals surface area contributed by atoms with Crippen LogP contribution in [0.25, 0.3) is 10.9 Å². The molecule has 4 saturated carbocycles. The van der Waals surface area contributed by atoms with Gasteiger partial charge in [0.25, 0.3) is 5.56 Å². The van der Waals surface area contributed by atoms with Gasteiger partial charge in [-0.05, 0) is 74.8 Å². The molecule has 0 atom stereocenters. The van der Waals surface area contributed by atoms with Crippen LogP contribution in [-0.2, 0) is 16.1 Å². The van der Waals surface area contributed by atoms with Crippen LogP contribution in [0, 0.1) is 23.2 Å². The van der Waals surface area contributed by atoms with Gasteiger partial charge in [0.05, 0.1) is 22.9 Å². The third-order valence-corrected chi connectivity index (χ3v) is 7.12. The Morgan fingerprint density at radius 1 is 1.07 bits per heavy atom. The summed E-state index contributed by atoms with van der Waals surface area (Å²) in [6.07, 6.45) is 7.30. The molecule has 0 unspecified atom stereocenters. The molecule has 0 amide bonds. The van der Waals surface area contributed by atoms with Gasteiger partial charge < -0.3 is 9.72 Å². The van der Waals surface area contributed by atoms with Gasteiger partial charge in [0.2, 0.25) is 0 Å². The lowest BCUT2D eigenvalue weighted by Crippen LogP contribution is -2.50. The third kappa shape index (κ3) is 2.90. The summed E-state index contributed by atoms with van der Waals surface area (Å²) in [5.74, 6) is 2.06. The van der Waals surface area contributed by atoms with Crippen molar-refractivity contribution in [3.63, 3.8) is 0 Å². The van der Waals surface area contributed by atoms with E-state index < -0.39 is 5.69 Å². The van der Waals surface area contributed by atoms with Crippen LogP contribution in [0.2, 0.25) is 0 Å². The summed E-state index contributed by atoms with van der Waals surface area (Å²) in [7, 11) is 0. The minimum absolute atomic E-state index is 0.0497. The Morgan fingerprint density at radius 2 is 1.71 bits per heavy atom. The van der Waals surface area contributed by atoms with E-state index in [1.165, 1.54) is 23.8 Å². The van der Waals surface area contributed by atoms with E-state index in [1.54, 1.807) is 24.3 Å². The first-order valence-electron chi connectivity index (χ1n) is 10.4. The molecule has 0 spiro atoms. The van der Waals surface area contributed by atoms with Crippen LogP contribution in [0.5, 0.6) is 0 Å². The Balaban J connectivity index is 1.23. The van der Waals surface area contributed by atoms with Gasteiger partial charge in [-0.2, -0.15) is 0 Å². The van der Waals surface area contributed by atoms with Gasteiger partial charge in [-0.3, -0.25) is 14.2 Å². The molecule has 0 radical (unpaired) electrons. The number of hydrogen-bond acceptors (Lipinski definition) is 4. The predicted octanol–water partition coefficient (Wildman–Crippen LogP) is 2.84. The van der Waals surface area contributed by atoms with Gasteiger partial charge in [-0.15, -0.1) is 0 Å². The zero-order chi connectivity index (χ0) is 19.3. The second-order valence-corrected chi connectivity index (χ2v) is 9.12. The average molecular weight is 382 g/mol. The van der Waals surface area contributed by atoms with E-state index >= 15 is 0 Å². The van der Waals surface area contributed by atoms with Gasteiger partial charge in [0.1, 0.15) is 0 Å². The van der Waals surface area contributed by atoms with Crippen LogP contribution in [-0.4, -0.2) is 22.1 Å². The number of para-hydroxylation sites is 1. The highest BCUT2D eigenvalue weighted by molar-refractivity contribution is 5.78. The Morgan fingerprint density at radius 3 is 2.39 bits per heavy atom. The van der Waals surface area contributed by atoms with E-state index in [4.69, 9.17) is 4.74 Å². The standard InChI is InChI=1S/C22H26N2O4/c25-19-17-4-1-2-5-18(17)23-21(27)24(19)6-3-7-28-20(26)22-11-14-8-15(12-22)10-16(9-14)13-22/h1-2,4-5,14-16H,3,6-13H2,(H,23,27). The van der Waals surface area contributed by atoms with E-state index in [9.17, 15) is 14.4 Å². The smallest absolute Gasteiger partial charge is 0.328 e. The predicted molar refractivity (Wildman–Crippen MR) is 105 cm³/mol. The molecule has 0 aliphatic heterocycles. The minimum Gasteiger partial charge on any atom is -0.465 e. The Kier molecular flexibility index (Phi) is 4.18. The van der Waals surface area contributed by atoms with Crippen molar-refractivity contribution in [2.24, 2.45) is 23.2 Å². The van der Waals surface area contributed by atoms with Crippen molar-refractivity contribution < 1.29 is 9.53 Å². The van der Waals surface area contributed by atoms with E-state index in [0.717, 1.165) is 19.3 Å². The van der Waals surface area contributed by atoms with Crippen molar-refractivity contribution in [3.8, 4) is 0 Å². The molecule has 1 aromatic carbocycles. The summed E-state index contributed by atoms with van der Waals surface area (Å²) in [5, 5.41) is 0.493. The summed E-state index contributed by atoms with van der Waals surface area (Å²) in [6, 6.07) is 6.98. The molecule has 4 aliphatic rings. The number of benzene rings is 1. The summed E-state index contributed by atoms with van der Waals surface area (Å²) in [6.45, 7) is 0.493. The number of H-pyrrole nitrogens is 1. The summed E-state index contributed by atoms with van der Waals surface area (Å²) < 4.78 is 6.84. The highest BCUT2D eigenvalue weighted by Crippen LogP contribution is 2.60. The number of carbonyl (C=O) groups excluding carboxylic acids is 1. The fourth-order valence-corrected chi connectivity index (χ4v) is 6.30. The fourth-order valence-electron chi connectivity index (χ4n) is 6.30. The summed E-state index contributed by atoms with van der Waals surface area (Å²) in [5.41, 5.74) is -0.434.